The second kappa shape index (κ2) is 5.90. The lowest BCUT2D eigenvalue weighted by atomic mass is 10.1. The molecule has 20 heavy (non-hydrogen) atoms. The normalized spacial score (nSPS) is 14.5. The van der Waals surface area contributed by atoms with E-state index in [0.29, 0.717) is 0 Å². The topological polar surface area (TPSA) is 15.6 Å². The molecule has 4 heteroatoms. The van der Waals surface area contributed by atoms with Gasteiger partial charge in [0.15, 0.2) is 5.17 Å². The second-order valence-electron chi connectivity index (χ2n) is 4.70. The summed E-state index contributed by atoms with van der Waals surface area (Å²) in [6.07, 6.45) is 2.07. The first kappa shape index (κ1) is 13.5. The van der Waals surface area contributed by atoms with Gasteiger partial charge in [0.1, 0.15) is 0 Å². The van der Waals surface area contributed by atoms with Gasteiger partial charge in [-0.2, -0.15) is 0 Å². The number of rotatable bonds is 1. The molecule has 0 N–H and O–H groups in total. The summed E-state index contributed by atoms with van der Waals surface area (Å²) in [7, 11) is 0. The minimum atomic E-state index is 0.739. The lowest BCUT2D eigenvalue weighted by molar-refractivity contribution is 0.457. The van der Waals surface area contributed by atoms with Gasteiger partial charge in [0.2, 0.25) is 0 Å². The average Bonchev–Trinajstić information content (AvgIpc) is 2.90. The van der Waals surface area contributed by atoms with Crippen LogP contribution in [0, 0.1) is 0 Å². The fraction of sp³-hybridized carbons (Fsp3) is 0.188. The third kappa shape index (κ3) is 2.84. The summed E-state index contributed by atoms with van der Waals surface area (Å²) in [5, 5.41) is 1.78. The van der Waals surface area contributed by atoms with E-state index in [2.05, 4.69) is 35.4 Å². The second-order valence-corrected chi connectivity index (χ2v) is 5.91. The summed E-state index contributed by atoms with van der Waals surface area (Å²) in [5.74, 6) is 0. The Morgan fingerprint density at radius 3 is 2.20 bits per heavy atom. The first-order valence-electron chi connectivity index (χ1n) is 6.46. The summed E-state index contributed by atoms with van der Waals surface area (Å²) in [6.45, 7) is 1.87. The van der Waals surface area contributed by atoms with E-state index in [1.807, 2.05) is 24.3 Å². The Hall–Kier alpha value is -1.45. The monoisotopic (exact) mass is 302 g/mol. The molecule has 1 aliphatic heterocycles. The fourth-order valence-corrected chi connectivity index (χ4v) is 3.05. The highest BCUT2D eigenvalue weighted by atomic mass is 35.5. The van der Waals surface area contributed by atoms with E-state index in [4.69, 9.17) is 16.6 Å². The van der Waals surface area contributed by atoms with Crippen molar-refractivity contribution in [3.8, 4) is 0 Å². The van der Waals surface area contributed by atoms with E-state index in [1.165, 1.54) is 11.1 Å². The van der Waals surface area contributed by atoms with Gasteiger partial charge in [-0.05, 0) is 41.6 Å². The minimum Gasteiger partial charge on any atom is -0.343 e. The Morgan fingerprint density at radius 1 is 1.05 bits per heavy atom. The van der Waals surface area contributed by atoms with Gasteiger partial charge in [0, 0.05) is 18.1 Å². The van der Waals surface area contributed by atoms with Crippen LogP contribution < -0.4 is 0 Å². The largest absolute Gasteiger partial charge is 0.343 e. The Bertz CT molecular complexity index is 612. The molecule has 1 heterocycles. The lowest BCUT2D eigenvalue weighted by Gasteiger charge is -2.18. The van der Waals surface area contributed by atoms with Gasteiger partial charge < -0.3 is 4.90 Å². The van der Waals surface area contributed by atoms with Crippen LogP contribution in [0.1, 0.15) is 11.1 Å². The van der Waals surface area contributed by atoms with Crippen molar-refractivity contribution < 1.29 is 0 Å². The van der Waals surface area contributed by atoms with Crippen LogP contribution in [-0.2, 0) is 13.1 Å². The molecule has 102 valence electrons. The highest BCUT2D eigenvalue weighted by Gasteiger charge is 2.20. The molecule has 2 aromatic rings. The lowest BCUT2D eigenvalue weighted by Crippen LogP contribution is -2.22. The Balaban J connectivity index is 1.83. The van der Waals surface area contributed by atoms with E-state index in [9.17, 15) is 0 Å². The highest BCUT2D eigenvalue weighted by molar-refractivity contribution is 8.13. The summed E-state index contributed by atoms with van der Waals surface area (Å²) in [5.41, 5.74) is 3.73. The molecule has 1 aliphatic rings. The van der Waals surface area contributed by atoms with Gasteiger partial charge >= 0.3 is 0 Å². The molecule has 0 radical (unpaired) electrons. The van der Waals surface area contributed by atoms with Crippen LogP contribution in [0.3, 0.4) is 0 Å². The fourth-order valence-electron chi connectivity index (χ4n) is 2.34. The molecule has 0 saturated heterocycles. The predicted octanol–water partition coefficient (Wildman–Crippen LogP) is 4.71. The maximum atomic E-state index is 5.91. The van der Waals surface area contributed by atoms with Crippen LogP contribution in [-0.4, -0.2) is 16.3 Å². The first-order valence-corrected chi connectivity index (χ1v) is 8.06. The van der Waals surface area contributed by atoms with Gasteiger partial charge in [-0.1, -0.05) is 47.6 Å². The van der Waals surface area contributed by atoms with Crippen LogP contribution in [0.2, 0.25) is 5.02 Å². The molecule has 3 rings (SSSR count). The number of hydrogen-bond acceptors (Lipinski definition) is 2. The minimum absolute atomic E-state index is 0.739. The van der Waals surface area contributed by atoms with E-state index in [0.717, 1.165) is 29.0 Å². The standard InChI is InChI=1S/C16H15ClN2S/c1-20-16(18-15-8-6-14(17)7-9-15)19-10-12-4-2-3-5-13(12)11-19/h2-9H,10-11H2,1H3. The first-order chi connectivity index (χ1) is 9.76. The molecule has 0 fully saturated rings. The smallest absolute Gasteiger partial charge is 0.164 e. The molecule has 0 aromatic heterocycles. The zero-order valence-corrected chi connectivity index (χ0v) is 12.8. The summed E-state index contributed by atoms with van der Waals surface area (Å²) in [4.78, 5) is 7.04. The van der Waals surface area contributed by atoms with Gasteiger partial charge in [-0.3, -0.25) is 0 Å². The van der Waals surface area contributed by atoms with E-state index in [1.54, 1.807) is 11.8 Å². The molecule has 0 spiro atoms. The molecule has 0 unspecified atom stereocenters. The van der Waals surface area contributed by atoms with Crippen LogP contribution >= 0.6 is 23.4 Å². The van der Waals surface area contributed by atoms with Crippen molar-refractivity contribution in [3.05, 3.63) is 64.7 Å². The predicted molar refractivity (Wildman–Crippen MR) is 87.8 cm³/mol. The Morgan fingerprint density at radius 2 is 1.65 bits per heavy atom. The van der Waals surface area contributed by atoms with Crippen molar-refractivity contribution in [2.24, 2.45) is 4.99 Å². The molecular formula is C16H15ClN2S. The highest BCUT2D eigenvalue weighted by Crippen LogP contribution is 2.27. The van der Waals surface area contributed by atoms with E-state index >= 15 is 0 Å². The zero-order valence-electron chi connectivity index (χ0n) is 11.2. The Kier molecular flexibility index (Phi) is 3.99. The number of nitrogens with zero attached hydrogens (tertiary/aromatic N) is 2. The van der Waals surface area contributed by atoms with Gasteiger partial charge in [0.05, 0.1) is 5.69 Å². The average molecular weight is 303 g/mol. The number of amidine groups is 1. The van der Waals surface area contributed by atoms with Crippen molar-refractivity contribution in [2.75, 3.05) is 6.26 Å². The molecule has 2 aromatic carbocycles. The van der Waals surface area contributed by atoms with Gasteiger partial charge in [0.25, 0.3) is 0 Å². The molecule has 0 bridgehead atoms. The van der Waals surface area contributed by atoms with Gasteiger partial charge in [-0.25, -0.2) is 4.99 Å². The Labute approximate surface area is 128 Å². The number of halogens is 1. The third-order valence-corrected chi connectivity index (χ3v) is 4.31. The zero-order chi connectivity index (χ0) is 13.9. The SMILES string of the molecule is CSC(=Nc1ccc(Cl)cc1)N1Cc2ccccc2C1. The molecule has 0 amide bonds. The summed E-state index contributed by atoms with van der Waals surface area (Å²) >= 11 is 7.59. The molecule has 2 nitrogen and oxygen atoms in total. The van der Waals surface area contributed by atoms with Crippen LogP contribution in [0.15, 0.2) is 53.5 Å². The number of benzene rings is 2. The number of fused-ring (bicyclic) bond motifs is 1. The van der Waals surface area contributed by atoms with Crippen molar-refractivity contribution in [1.29, 1.82) is 0 Å². The maximum absolute atomic E-state index is 5.91. The van der Waals surface area contributed by atoms with Crippen molar-refractivity contribution in [1.82, 2.24) is 4.90 Å². The van der Waals surface area contributed by atoms with Crippen molar-refractivity contribution in [2.45, 2.75) is 13.1 Å². The maximum Gasteiger partial charge on any atom is 0.164 e. The van der Waals surface area contributed by atoms with Crippen LogP contribution in [0.4, 0.5) is 5.69 Å². The summed E-state index contributed by atoms with van der Waals surface area (Å²) < 4.78 is 0. The van der Waals surface area contributed by atoms with Gasteiger partial charge in [-0.15, -0.1) is 0 Å². The van der Waals surface area contributed by atoms with E-state index < -0.39 is 0 Å². The summed E-state index contributed by atoms with van der Waals surface area (Å²) in [6, 6.07) is 16.2. The van der Waals surface area contributed by atoms with Crippen LogP contribution in [0.5, 0.6) is 0 Å². The third-order valence-electron chi connectivity index (χ3n) is 3.35. The van der Waals surface area contributed by atoms with Crippen molar-refractivity contribution >= 4 is 34.2 Å². The number of aliphatic imine (C=N–C) groups is 1. The number of hydrogen-bond donors (Lipinski definition) is 0. The van der Waals surface area contributed by atoms with Crippen molar-refractivity contribution in [3.63, 3.8) is 0 Å². The number of thioether (sulfide) groups is 1. The molecular weight excluding hydrogens is 288 g/mol. The molecule has 0 aliphatic carbocycles. The molecule has 0 saturated carbocycles. The van der Waals surface area contributed by atoms with E-state index in [-0.39, 0.29) is 0 Å². The molecule has 0 atom stereocenters. The quantitative estimate of drug-likeness (QED) is 0.560. The van der Waals surface area contributed by atoms with Crippen LogP contribution in [0.25, 0.3) is 0 Å².